The Kier molecular flexibility index (Phi) is 3.74. The summed E-state index contributed by atoms with van der Waals surface area (Å²) in [4.78, 5) is 4.34. The second-order valence-electron chi connectivity index (χ2n) is 4.75. The number of anilines is 1. The molecule has 5 heteroatoms. The first kappa shape index (κ1) is 12.2. The molecule has 0 aliphatic carbocycles. The molecule has 0 spiro atoms. The number of hydrogen-bond acceptors (Lipinski definition) is 5. The van der Waals surface area contributed by atoms with Gasteiger partial charge in [0.2, 0.25) is 0 Å². The standard InChI is InChI=1S/C14H17N3O2/c1-2-6-12(7-3-1)13-16-14(17-19-13)15-9-11-5-4-8-18-10-11/h1-3,6-7,11H,4-5,8-10H2,(H,15,17). The van der Waals surface area contributed by atoms with E-state index in [1.165, 1.54) is 6.42 Å². The van der Waals surface area contributed by atoms with Gasteiger partial charge in [-0.2, -0.15) is 4.98 Å². The third-order valence-electron chi connectivity index (χ3n) is 3.25. The van der Waals surface area contributed by atoms with Crippen LogP contribution in [-0.4, -0.2) is 29.9 Å². The minimum absolute atomic E-state index is 0.535. The van der Waals surface area contributed by atoms with Gasteiger partial charge in [-0.15, -0.1) is 0 Å². The van der Waals surface area contributed by atoms with E-state index in [2.05, 4.69) is 15.5 Å². The maximum Gasteiger partial charge on any atom is 0.263 e. The molecule has 1 aromatic carbocycles. The zero-order chi connectivity index (χ0) is 12.9. The molecule has 1 fully saturated rings. The molecule has 0 radical (unpaired) electrons. The quantitative estimate of drug-likeness (QED) is 0.914. The van der Waals surface area contributed by atoms with Gasteiger partial charge >= 0.3 is 0 Å². The molecule has 1 atom stereocenters. The van der Waals surface area contributed by atoms with E-state index in [1.807, 2.05) is 30.3 Å². The molecule has 1 N–H and O–H groups in total. The first-order chi connectivity index (χ1) is 9.42. The van der Waals surface area contributed by atoms with Gasteiger partial charge < -0.3 is 14.6 Å². The molecule has 1 aliphatic rings. The fourth-order valence-corrected chi connectivity index (χ4v) is 2.20. The minimum Gasteiger partial charge on any atom is -0.381 e. The lowest BCUT2D eigenvalue weighted by atomic mass is 10.0. The predicted octanol–water partition coefficient (Wildman–Crippen LogP) is 2.58. The summed E-state index contributed by atoms with van der Waals surface area (Å²) in [6, 6.07) is 9.76. The maximum atomic E-state index is 5.44. The second kappa shape index (κ2) is 5.84. The maximum absolute atomic E-state index is 5.44. The average molecular weight is 259 g/mol. The van der Waals surface area contributed by atoms with Crippen LogP contribution in [0.3, 0.4) is 0 Å². The van der Waals surface area contributed by atoms with Crippen molar-refractivity contribution in [2.45, 2.75) is 12.8 Å². The molecule has 1 aromatic heterocycles. The molecule has 19 heavy (non-hydrogen) atoms. The number of nitrogens with one attached hydrogen (secondary N) is 1. The smallest absolute Gasteiger partial charge is 0.263 e. The van der Waals surface area contributed by atoms with Crippen LogP contribution in [0.2, 0.25) is 0 Å². The molecule has 5 nitrogen and oxygen atoms in total. The highest BCUT2D eigenvalue weighted by Crippen LogP contribution is 2.19. The second-order valence-corrected chi connectivity index (χ2v) is 4.75. The fraction of sp³-hybridized carbons (Fsp3) is 0.429. The van der Waals surface area contributed by atoms with Crippen LogP contribution in [-0.2, 0) is 4.74 Å². The molecular formula is C14H17N3O2. The highest BCUT2D eigenvalue weighted by molar-refractivity contribution is 5.53. The Bertz CT molecular complexity index is 506. The molecular weight excluding hydrogens is 242 g/mol. The van der Waals surface area contributed by atoms with E-state index >= 15 is 0 Å². The van der Waals surface area contributed by atoms with E-state index in [-0.39, 0.29) is 0 Å². The molecule has 0 bridgehead atoms. The SMILES string of the molecule is c1ccc(-c2nc(NCC3CCCOC3)no2)cc1. The zero-order valence-corrected chi connectivity index (χ0v) is 10.7. The lowest BCUT2D eigenvalue weighted by molar-refractivity contribution is 0.0594. The Morgan fingerprint density at radius 1 is 1.26 bits per heavy atom. The van der Waals surface area contributed by atoms with Crippen molar-refractivity contribution >= 4 is 5.95 Å². The van der Waals surface area contributed by atoms with Crippen LogP contribution in [0.4, 0.5) is 5.95 Å². The molecule has 1 saturated heterocycles. The van der Waals surface area contributed by atoms with Crippen molar-refractivity contribution in [2.24, 2.45) is 5.92 Å². The zero-order valence-electron chi connectivity index (χ0n) is 10.7. The summed E-state index contributed by atoms with van der Waals surface area (Å²) in [7, 11) is 0. The number of aromatic nitrogens is 2. The summed E-state index contributed by atoms with van der Waals surface area (Å²) in [5.74, 6) is 1.62. The molecule has 0 amide bonds. The lowest BCUT2D eigenvalue weighted by Crippen LogP contribution is -2.24. The highest BCUT2D eigenvalue weighted by Gasteiger charge is 2.15. The van der Waals surface area contributed by atoms with Gasteiger partial charge in [0.05, 0.1) is 6.61 Å². The monoisotopic (exact) mass is 259 g/mol. The Labute approximate surface area is 112 Å². The van der Waals surface area contributed by atoms with Crippen molar-refractivity contribution < 1.29 is 9.26 Å². The summed E-state index contributed by atoms with van der Waals surface area (Å²) < 4.78 is 10.7. The normalized spacial score (nSPS) is 19.3. The van der Waals surface area contributed by atoms with Crippen molar-refractivity contribution in [1.82, 2.24) is 10.1 Å². The lowest BCUT2D eigenvalue weighted by Gasteiger charge is -2.21. The number of benzene rings is 1. The van der Waals surface area contributed by atoms with Gasteiger partial charge in [-0.05, 0) is 36.0 Å². The fourth-order valence-electron chi connectivity index (χ4n) is 2.20. The predicted molar refractivity (Wildman–Crippen MR) is 71.8 cm³/mol. The van der Waals surface area contributed by atoms with Crippen molar-refractivity contribution in [2.75, 3.05) is 25.1 Å². The van der Waals surface area contributed by atoms with E-state index < -0.39 is 0 Å². The number of hydrogen-bond donors (Lipinski definition) is 1. The first-order valence-electron chi connectivity index (χ1n) is 6.62. The van der Waals surface area contributed by atoms with Crippen LogP contribution in [0.25, 0.3) is 11.5 Å². The van der Waals surface area contributed by atoms with Gasteiger partial charge in [-0.1, -0.05) is 18.2 Å². The van der Waals surface area contributed by atoms with E-state index in [9.17, 15) is 0 Å². The number of ether oxygens (including phenoxy) is 1. The molecule has 0 saturated carbocycles. The average Bonchev–Trinajstić information content (AvgIpc) is 2.96. The van der Waals surface area contributed by atoms with Crippen LogP contribution in [0, 0.1) is 5.92 Å². The van der Waals surface area contributed by atoms with Crippen molar-refractivity contribution in [3.05, 3.63) is 30.3 Å². The van der Waals surface area contributed by atoms with E-state index in [4.69, 9.17) is 9.26 Å². The van der Waals surface area contributed by atoms with Gasteiger partial charge in [-0.25, -0.2) is 0 Å². The highest BCUT2D eigenvalue weighted by atomic mass is 16.5. The van der Waals surface area contributed by atoms with Crippen LogP contribution < -0.4 is 5.32 Å². The molecule has 2 aromatic rings. The summed E-state index contributed by atoms with van der Waals surface area (Å²) in [6.45, 7) is 2.53. The Balaban J connectivity index is 1.59. The number of rotatable bonds is 4. The largest absolute Gasteiger partial charge is 0.381 e. The van der Waals surface area contributed by atoms with Gasteiger partial charge in [0.15, 0.2) is 0 Å². The molecule has 1 aliphatic heterocycles. The van der Waals surface area contributed by atoms with E-state index in [0.717, 1.165) is 31.7 Å². The van der Waals surface area contributed by atoms with Gasteiger partial charge in [0.25, 0.3) is 11.8 Å². The van der Waals surface area contributed by atoms with Crippen LogP contribution in [0.1, 0.15) is 12.8 Å². The molecule has 100 valence electrons. The Morgan fingerprint density at radius 2 is 2.16 bits per heavy atom. The summed E-state index contributed by atoms with van der Waals surface area (Å²) in [6.07, 6.45) is 2.32. The van der Waals surface area contributed by atoms with Crippen molar-refractivity contribution in [3.8, 4) is 11.5 Å². The van der Waals surface area contributed by atoms with Crippen LogP contribution in [0.15, 0.2) is 34.9 Å². The van der Waals surface area contributed by atoms with Gasteiger partial charge in [-0.3, -0.25) is 0 Å². The summed E-state index contributed by atoms with van der Waals surface area (Å²) >= 11 is 0. The topological polar surface area (TPSA) is 60.2 Å². The van der Waals surface area contributed by atoms with Crippen LogP contribution in [0.5, 0.6) is 0 Å². The summed E-state index contributed by atoms with van der Waals surface area (Å²) in [5, 5.41) is 7.15. The third-order valence-corrected chi connectivity index (χ3v) is 3.25. The minimum atomic E-state index is 0.535. The molecule has 2 heterocycles. The third kappa shape index (κ3) is 3.12. The van der Waals surface area contributed by atoms with Crippen LogP contribution >= 0.6 is 0 Å². The van der Waals surface area contributed by atoms with E-state index in [1.54, 1.807) is 0 Å². The van der Waals surface area contributed by atoms with Crippen molar-refractivity contribution in [3.63, 3.8) is 0 Å². The van der Waals surface area contributed by atoms with E-state index in [0.29, 0.717) is 17.8 Å². The van der Waals surface area contributed by atoms with Gasteiger partial charge in [0, 0.05) is 18.7 Å². The molecule has 1 unspecified atom stereocenters. The Hall–Kier alpha value is -1.88. The molecule has 3 rings (SSSR count). The number of nitrogens with zero attached hydrogens (tertiary/aromatic N) is 2. The Morgan fingerprint density at radius 3 is 2.95 bits per heavy atom. The van der Waals surface area contributed by atoms with Crippen molar-refractivity contribution in [1.29, 1.82) is 0 Å². The first-order valence-corrected chi connectivity index (χ1v) is 6.62. The summed E-state index contributed by atoms with van der Waals surface area (Å²) in [5.41, 5.74) is 0.934. The van der Waals surface area contributed by atoms with Gasteiger partial charge in [0.1, 0.15) is 0 Å².